The van der Waals surface area contributed by atoms with E-state index in [1.807, 2.05) is 48.5 Å². The van der Waals surface area contributed by atoms with Crippen LogP contribution in [0.5, 0.6) is 0 Å². The number of benzene rings is 2. The van der Waals surface area contributed by atoms with E-state index in [4.69, 9.17) is 4.74 Å². The molecule has 2 aromatic rings. The number of hydrogen-bond acceptors (Lipinski definition) is 2. The van der Waals surface area contributed by atoms with Gasteiger partial charge in [0.15, 0.2) is 0 Å². The average Bonchev–Trinajstić information content (AvgIpc) is 2.45. The zero-order valence-corrected chi connectivity index (χ0v) is 11.9. The van der Waals surface area contributed by atoms with E-state index >= 15 is 0 Å². The first-order chi connectivity index (χ1) is 9.19. The van der Waals surface area contributed by atoms with Gasteiger partial charge in [-0.15, -0.1) is 0 Å². The van der Waals surface area contributed by atoms with E-state index in [2.05, 4.69) is 22.5 Å². The molecule has 0 heterocycles. The van der Waals surface area contributed by atoms with E-state index in [0.717, 1.165) is 27.2 Å². The first-order valence-electron chi connectivity index (χ1n) is 5.83. The second kappa shape index (κ2) is 6.34. The SMILES string of the molecule is C=CC(=O)OCc1cc(Br)cc(-c2ccccc2)c1. The van der Waals surface area contributed by atoms with E-state index < -0.39 is 5.97 Å². The Morgan fingerprint density at radius 3 is 2.58 bits per heavy atom. The molecular weight excluding hydrogens is 304 g/mol. The Labute approximate surface area is 120 Å². The van der Waals surface area contributed by atoms with Crippen LogP contribution in [0, 0.1) is 0 Å². The van der Waals surface area contributed by atoms with Gasteiger partial charge in [0.2, 0.25) is 0 Å². The number of rotatable bonds is 4. The summed E-state index contributed by atoms with van der Waals surface area (Å²) < 4.78 is 6.00. The van der Waals surface area contributed by atoms with E-state index in [1.54, 1.807) is 0 Å². The Bertz CT molecular complexity index is 591. The van der Waals surface area contributed by atoms with Gasteiger partial charge in [-0.25, -0.2) is 4.79 Å². The predicted octanol–water partition coefficient (Wildman–Crippen LogP) is 4.35. The first-order valence-corrected chi connectivity index (χ1v) is 6.62. The molecule has 3 heteroatoms. The molecule has 0 aliphatic carbocycles. The lowest BCUT2D eigenvalue weighted by atomic mass is 10.0. The van der Waals surface area contributed by atoms with Crippen molar-refractivity contribution in [2.75, 3.05) is 0 Å². The molecule has 0 saturated heterocycles. The summed E-state index contributed by atoms with van der Waals surface area (Å²) >= 11 is 3.47. The van der Waals surface area contributed by atoms with Gasteiger partial charge < -0.3 is 4.74 Å². The largest absolute Gasteiger partial charge is 0.458 e. The number of esters is 1. The summed E-state index contributed by atoms with van der Waals surface area (Å²) in [6.07, 6.45) is 1.16. The normalized spacial score (nSPS) is 9.95. The molecule has 0 spiro atoms. The van der Waals surface area contributed by atoms with Crippen molar-refractivity contribution in [1.29, 1.82) is 0 Å². The van der Waals surface area contributed by atoms with Gasteiger partial charge in [-0.05, 0) is 34.9 Å². The molecule has 0 fully saturated rings. The smallest absolute Gasteiger partial charge is 0.330 e. The molecule has 0 saturated carbocycles. The highest BCUT2D eigenvalue weighted by Crippen LogP contribution is 2.25. The number of hydrogen-bond donors (Lipinski definition) is 0. The van der Waals surface area contributed by atoms with Gasteiger partial charge in [0.1, 0.15) is 6.61 Å². The summed E-state index contributed by atoms with van der Waals surface area (Å²) in [4.78, 5) is 11.1. The number of carbonyl (C=O) groups excluding carboxylic acids is 1. The maximum Gasteiger partial charge on any atom is 0.330 e. The van der Waals surface area contributed by atoms with Crippen molar-refractivity contribution < 1.29 is 9.53 Å². The molecule has 0 N–H and O–H groups in total. The summed E-state index contributed by atoms with van der Waals surface area (Å²) in [6, 6.07) is 16.0. The molecular formula is C16H13BrO2. The topological polar surface area (TPSA) is 26.3 Å². The molecule has 0 radical (unpaired) electrons. The van der Waals surface area contributed by atoms with Gasteiger partial charge >= 0.3 is 5.97 Å². The monoisotopic (exact) mass is 316 g/mol. The van der Waals surface area contributed by atoms with E-state index in [-0.39, 0.29) is 6.61 Å². The summed E-state index contributed by atoms with van der Waals surface area (Å²) in [7, 11) is 0. The maximum absolute atomic E-state index is 11.1. The summed E-state index contributed by atoms with van der Waals surface area (Å²) in [5, 5.41) is 0. The van der Waals surface area contributed by atoms with Crippen LogP contribution in [0.15, 0.2) is 65.7 Å². The third-order valence-electron chi connectivity index (χ3n) is 2.61. The number of halogens is 1. The molecule has 19 heavy (non-hydrogen) atoms. The summed E-state index contributed by atoms with van der Waals surface area (Å²) in [5.41, 5.74) is 3.14. The zero-order chi connectivity index (χ0) is 13.7. The van der Waals surface area contributed by atoms with Crippen LogP contribution in [0.2, 0.25) is 0 Å². The van der Waals surface area contributed by atoms with Crippen LogP contribution in [0.25, 0.3) is 11.1 Å². The zero-order valence-electron chi connectivity index (χ0n) is 10.3. The molecule has 96 valence electrons. The fraction of sp³-hybridized carbons (Fsp3) is 0.0625. The van der Waals surface area contributed by atoms with E-state index in [0.29, 0.717) is 0 Å². The Balaban J connectivity index is 2.25. The van der Waals surface area contributed by atoms with Gasteiger partial charge in [0, 0.05) is 10.5 Å². The fourth-order valence-electron chi connectivity index (χ4n) is 1.74. The molecule has 0 bridgehead atoms. The Hall–Kier alpha value is -1.87. The van der Waals surface area contributed by atoms with Gasteiger partial charge in [-0.3, -0.25) is 0 Å². The lowest BCUT2D eigenvalue weighted by Gasteiger charge is -2.07. The minimum Gasteiger partial charge on any atom is -0.458 e. The molecule has 0 aliphatic rings. The molecule has 2 aromatic carbocycles. The highest BCUT2D eigenvalue weighted by atomic mass is 79.9. The minimum atomic E-state index is -0.416. The van der Waals surface area contributed by atoms with E-state index in [1.165, 1.54) is 0 Å². The molecule has 2 rings (SSSR count). The van der Waals surface area contributed by atoms with Crippen LogP contribution in [-0.2, 0) is 16.1 Å². The minimum absolute atomic E-state index is 0.240. The van der Waals surface area contributed by atoms with Gasteiger partial charge in [0.25, 0.3) is 0 Å². The number of ether oxygens (including phenoxy) is 1. The predicted molar refractivity (Wildman–Crippen MR) is 79.6 cm³/mol. The Kier molecular flexibility index (Phi) is 4.53. The van der Waals surface area contributed by atoms with Crippen molar-refractivity contribution in [3.8, 4) is 11.1 Å². The van der Waals surface area contributed by atoms with Gasteiger partial charge in [0.05, 0.1) is 0 Å². The molecule has 0 aliphatic heterocycles. The van der Waals surface area contributed by atoms with Crippen molar-refractivity contribution in [3.05, 3.63) is 71.2 Å². The molecule has 0 amide bonds. The maximum atomic E-state index is 11.1. The van der Waals surface area contributed by atoms with Crippen molar-refractivity contribution in [3.63, 3.8) is 0 Å². The van der Waals surface area contributed by atoms with E-state index in [9.17, 15) is 4.79 Å². The number of carbonyl (C=O) groups is 1. The second-order valence-electron chi connectivity index (χ2n) is 4.03. The van der Waals surface area contributed by atoms with Crippen LogP contribution in [0.4, 0.5) is 0 Å². The summed E-state index contributed by atoms with van der Waals surface area (Å²) in [6.45, 7) is 3.61. The van der Waals surface area contributed by atoms with Gasteiger partial charge in [-0.2, -0.15) is 0 Å². The van der Waals surface area contributed by atoms with Crippen molar-refractivity contribution in [1.82, 2.24) is 0 Å². The third kappa shape index (κ3) is 3.80. The quantitative estimate of drug-likeness (QED) is 0.619. The van der Waals surface area contributed by atoms with Crippen LogP contribution in [0.3, 0.4) is 0 Å². The third-order valence-corrected chi connectivity index (χ3v) is 3.07. The molecule has 0 unspecified atom stereocenters. The van der Waals surface area contributed by atoms with Crippen molar-refractivity contribution >= 4 is 21.9 Å². The molecule has 0 aromatic heterocycles. The first kappa shape index (κ1) is 13.6. The van der Waals surface area contributed by atoms with Crippen LogP contribution < -0.4 is 0 Å². The Morgan fingerprint density at radius 1 is 1.16 bits per heavy atom. The average molecular weight is 317 g/mol. The molecule has 0 atom stereocenters. The molecule has 2 nitrogen and oxygen atoms in total. The van der Waals surface area contributed by atoms with Crippen molar-refractivity contribution in [2.45, 2.75) is 6.61 Å². The fourth-order valence-corrected chi connectivity index (χ4v) is 2.29. The van der Waals surface area contributed by atoms with Crippen LogP contribution >= 0.6 is 15.9 Å². The lowest BCUT2D eigenvalue weighted by molar-refractivity contribution is -0.138. The highest BCUT2D eigenvalue weighted by Gasteiger charge is 2.04. The van der Waals surface area contributed by atoms with Crippen LogP contribution in [0.1, 0.15) is 5.56 Å². The second-order valence-corrected chi connectivity index (χ2v) is 4.94. The lowest BCUT2D eigenvalue weighted by Crippen LogP contribution is -2.00. The highest BCUT2D eigenvalue weighted by molar-refractivity contribution is 9.10. The van der Waals surface area contributed by atoms with Crippen molar-refractivity contribution in [2.24, 2.45) is 0 Å². The Morgan fingerprint density at radius 2 is 1.89 bits per heavy atom. The van der Waals surface area contributed by atoms with Crippen LogP contribution in [-0.4, -0.2) is 5.97 Å². The van der Waals surface area contributed by atoms with Gasteiger partial charge in [-0.1, -0.05) is 52.8 Å². The summed E-state index contributed by atoms with van der Waals surface area (Å²) in [5.74, 6) is -0.416. The standard InChI is InChI=1S/C16H13BrO2/c1-2-16(18)19-11-12-8-14(10-15(17)9-12)13-6-4-3-5-7-13/h2-10H,1,11H2.